The molecule has 1 heterocycles. The lowest BCUT2D eigenvalue weighted by Crippen LogP contribution is -2.14. The van der Waals surface area contributed by atoms with Gasteiger partial charge in [0.1, 0.15) is 0 Å². The smallest absolute Gasteiger partial charge is 0.229 e. The van der Waals surface area contributed by atoms with Gasteiger partial charge in [0.2, 0.25) is 5.89 Å². The Morgan fingerprint density at radius 2 is 2.20 bits per heavy atom. The minimum absolute atomic E-state index is 0.282. The second-order valence-corrected chi connectivity index (χ2v) is 6.91. The number of aromatic nitrogens is 2. The third kappa shape index (κ3) is 3.24. The van der Waals surface area contributed by atoms with Gasteiger partial charge in [-0.1, -0.05) is 17.3 Å². The Morgan fingerprint density at radius 1 is 1.35 bits per heavy atom. The molecule has 0 spiro atoms. The molecular formula is C14H16BrN3OS. The van der Waals surface area contributed by atoms with Crippen molar-refractivity contribution in [1.82, 2.24) is 10.1 Å². The first-order chi connectivity index (χ1) is 9.72. The van der Waals surface area contributed by atoms with Crippen molar-refractivity contribution >= 4 is 27.7 Å². The van der Waals surface area contributed by atoms with E-state index in [1.165, 1.54) is 4.90 Å². The second-order valence-electron chi connectivity index (χ2n) is 5.04. The average molecular weight is 354 g/mol. The van der Waals surface area contributed by atoms with Crippen LogP contribution in [0.2, 0.25) is 0 Å². The molecule has 0 bridgehead atoms. The molecule has 2 atom stereocenters. The molecule has 106 valence electrons. The molecule has 1 aromatic heterocycles. The standard InChI is InChI=1S/C14H16BrN3OS/c15-11-3-1-2-4-12(11)20-8-13-17-14(19-18-13)9-5-6-10(16)7-9/h1-4,9-10H,5-8,16H2/t9-,10+/m1/s1. The molecule has 1 saturated carbocycles. The van der Waals surface area contributed by atoms with E-state index in [-0.39, 0.29) is 6.04 Å². The van der Waals surface area contributed by atoms with E-state index in [1.807, 2.05) is 18.2 Å². The lowest BCUT2D eigenvalue weighted by atomic mass is 10.1. The van der Waals surface area contributed by atoms with Crippen molar-refractivity contribution in [3.63, 3.8) is 0 Å². The zero-order valence-electron chi connectivity index (χ0n) is 11.0. The number of hydrogen-bond acceptors (Lipinski definition) is 5. The van der Waals surface area contributed by atoms with Gasteiger partial charge in [0.25, 0.3) is 0 Å². The minimum atomic E-state index is 0.282. The number of benzene rings is 1. The summed E-state index contributed by atoms with van der Waals surface area (Å²) in [5.74, 6) is 2.56. The molecule has 6 heteroatoms. The van der Waals surface area contributed by atoms with Gasteiger partial charge in [0.05, 0.1) is 5.75 Å². The highest BCUT2D eigenvalue weighted by Crippen LogP contribution is 2.33. The molecule has 1 aliphatic carbocycles. The molecule has 2 N–H and O–H groups in total. The lowest BCUT2D eigenvalue weighted by molar-refractivity contribution is 0.350. The number of nitrogens with zero attached hydrogens (tertiary/aromatic N) is 2. The maximum absolute atomic E-state index is 5.92. The van der Waals surface area contributed by atoms with Crippen LogP contribution in [0, 0.1) is 0 Å². The Bertz CT molecular complexity index is 589. The quantitative estimate of drug-likeness (QED) is 0.848. The minimum Gasteiger partial charge on any atom is -0.339 e. The van der Waals surface area contributed by atoms with E-state index < -0.39 is 0 Å². The van der Waals surface area contributed by atoms with Crippen molar-refractivity contribution in [2.75, 3.05) is 0 Å². The van der Waals surface area contributed by atoms with Crippen LogP contribution in [0.25, 0.3) is 0 Å². The first-order valence-corrected chi connectivity index (χ1v) is 8.45. The van der Waals surface area contributed by atoms with Crippen molar-refractivity contribution in [1.29, 1.82) is 0 Å². The largest absolute Gasteiger partial charge is 0.339 e. The third-order valence-electron chi connectivity index (χ3n) is 3.50. The molecule has 0 radical (unpaired) electrons. The molecule has 4 nitrogen and oxygen atoms in total. The van der Waals surface area contributed by atoms with E-state index in [2.05, 4.69) is 32.1 Å². The lowest BCUT2D eigenvalue weighted by Gasteiger charge is -2.02. The highest BCUT2D eigenvalue weighted by Gasteiger charge is 2.27. The van der Waals surface area contributed by atoms with Gasteiger partial charge in [-0.2, -0.15) is 4.98 Å². The fraction of sp³-hybridized carbons (Fsp3) is 0.429. The van der Waals surface area contributed by atoms with E-state index in [0.717, 1.165) is 35.5 Å². The first kappa shape index (κ1) is 14.1. The van der Waals surface area contributed by atoms with Gasteiger partial charge in [-0.15, -0.1) is 11.8 Å². The van der Waals surface area contributed by atoms with Crippen LogP contribution < -0.4 is 5.73 Å². The third-order valence-corrected chi connectivity index (χ3v) is 5.52. The second kappa shape index (κ2) is 6.28. The van der Waals surface area contributed by atoms with Gasteiger partial charge in [-0.3, -0.25) is 0 Å². The van der Waals surface area contributed by atoms with Gasteiger partial charge in [0, 0.05) is 21.3 Å². The summed E-state index contributed by atoms with van der Waals surface area (Å²) in [6, 6.07) is 8.42. The zero-order chi connectivity index (χ0) is 13.9. The van der Waals surface area contributed by atoms with Crippen molar-refractivity contribution in [3.8, 4) is 0 Å². The molecule has 1 aromatic carbocycles. The van der Waals surface area contributed by atoms with Crippen LogP contribution in [0.15, 0.2) is 38.2 Å². The van der Waals surface area contributed by atoms with Gasteiger partial charge < -0.3 is 10.3 Å². The zero-order valence-corrected chi connectivity index (χ0v) is 13.4. The van der Waals surface area contributed by atoms with Crippen molar-refractivity contribution in [2.24, 2.45) is 5.73 Å². The maximum atomic E-state index is 5.92. The van der Waals surface area contributed by atoms with Crippen molar-refractivity contribution < 1.29 is 4.52 Å². The van der Waals surface area contributed by atoms with Gasteiger partial charge in [-0.05, 0) is 47.3 Å². The summed E-state index contributed by atoms with van der Waals surface area (Å²) >= 11 is 5.24. The van der Waals surface area contributed by atoms with E-state index in [1.54, 1.807) is 11.8 Å². The fourth-order valence-electron chi connectivity index (χ4n) is 2.44. The van der Waals surface area contributed by atoms with Crippen LogP contribution in [0.1, 0.15) is 36.9 Å². The number of halogens is 1. The number of nitrogens with two attached hydrogens (primary N) is 1. The molecule has 2 aromatic rings. The summed E-state index contributed by atoms with van der Waals surface area (Å²) in [4.78, 5) is 5.68. The molecular weight excluding hydrogens is 338 g/mol. The van der Waals surface area contributed by atoms with Crippen LogP contribution in [-0.2, 0) is 5.75 Å². The topological polar surface area (TPSA) is 64.9 Å². The highest BCUT2D eigenvalue weighted by atomic mass is 79.9. The van der Waals surface area contributed by atoms with E-state index in [4.69, 9.17) is 10.3 Å². The van der Waals surface area contributed by atoms with Crippen LogP contribution >= 0.6 is 27.7 Å². The molecule has 20 heavy (non-hydrogen) atoms. The Hall–Kier alpha value is -0.850. The van der Waals surface area contributed by atoms with Gasteiger partial charge in [-0.25, -0.2) is 0 Å². The first-order valence-electron chi connectivity index (χ1n) is 6.68. The Balaban J connectivity index is 1.62. The van der Waals surface area contributed by atoms with E-state index >= 15 is 0 Å². The number of thioether (sulfide) groups is 1. The van der Waals surface area contributed by atoms with Gasteiger partial charge in [0.15, 0.2) is 5.82 Å². The molecule has 1 fully saturated rings. The van der Waals surface area contributed by atoms with Crippen LogP contribution in [0.3, 0.4) is 0 Å². The monoisotopic (exact) mass is 353 g/mol. The van der Waals surface area contributed by atoms with Crippen molar-refractivity contribution in [3.05, 3.63) is 40.5 Å². The van der Waals surface area contributed by atoms with Crippen LogP contribution in [0.4, 0.5) is 0 Å². The average Bonchev–Trinajstić information content (AvgIpc) is 3.06. The Labute approximate surface area is 130 Å². The van der Waals surface area contributed by atoms with Crippen LogP contribution in [-0.4, -0.2) is 16.2 Å². The molecule has 0 amide bonds. The highest BCUT2D eigenvalue weighted by molar-refractivity contribution is 9.10. The summed E-state index contributed by atoms with van der Waals surface area (Å²) in [5, 5.41) is 4.07. The van der Waals surface area contributed by atoms with Crippen molar-refractivity contribution in [2.45, 2.75) is 41.9 Å². The van der Waals surface area contributed by atoms with Gasteiger partial charge >= 0.3 is 0 Å². The molecule has 0 unspecified atom stereocenters. The Kier molecular flexibility index (Phi) is 4.43. The summed E-state index contributed by atoms with van der Waals surface area (Å²) in [7, 11) is 0. The van der Waals surface area contributed by atoms with E-state index in [9.17, 15) is 0 Å². The number of hydrogen-bond donors (Lipinski definition) is 1. The molecule has 0 aliphatic heterocycles. The predicted molar refractivity (Wildman–Crippen MR) is 82.6 cm³/mol. The SMILES string of the molecule is N[C@H]1CC[C@@H](c2nc(CSc3ccccc3Br)no2)C1. The summed E-state index contributed by atoms with van der Waals surface area (Å²) in [6.45, 7) is 0. The summed E-state index contributed by atoms with van der Waals surface area (Å²) in [5.41, 5.74) is 5.92. The normalized spacial score (nSPS) is 22.3. The molecule has 3 rings (SSSR count). The fourth-order valence-corrected chi connectivity index (χ4v) is 3.85. The Morgan fingerprint density at radius 3 is 2.95 bits per heavy atom. The maximum Gasteiger partial charge on any atom is 0.229 e. The predicted octanol–water partition coefficient (Wildman–Crippen LogP) is 3.72. The van der Waals surface area contributed by atoms with Crippen LogP contribution in [0.5, 0.6) is 0 Å². The number of rotatable bonds is 4. The van der Waals surface area contributed by atoms with E-state index in [0.29, 0.717) is 11.7 Å². The molecule has 1 aliphatic rings. The summed E-state index contributed by atoms with van der Waals surface area (Å²) in [6.07, 6.45) is 3.06. The molecule has 0 saturated heterocycles. The summed E-state index contributed by atoms with van der Waals surface area (Å²) < 4.78 is 6.47.